The Morgan fingerprint density at radius 2 is 2.00 bits per heavy atom. The first kappa shape index (κ1) is 21.8. The minimum Gasteiger partial charge on any atom is -0.489 e. The second-order valence-electron chi connectivity index (χ2n) is 5.00. The average molecular weight is 445 g/mol. The van der Waals surface area contributed by atoms with Gasteiger partial charge >= 0.3 is 6.18 Å². The van der Waals surface area contributed by atoms with E-state index in [0.29, 0.717) is 18.9 Å². The number of hydrogen-bond donors (Lipinski definition) is 1. The molecule has 0 amide bonds. The molecule has 0 aliphatic rings. The van der Waals surface area contributed by atoms with E-state index in [2.05, 4.69) is 10.3 Å². The highest BCUT2D eigenvalue weighted by molar-refractivity contribution is 14.0. The van der Waals surface area contributed by atoms with Gasteiger partial charge in [-0.15, -0.1) is 24.0 Å². The molecule has 1 atom stereocenters. The molecule has 23 heavy (non-hydrogen) atoms. The van der Waals surface area contributed by atoms with Crippen LogP contribution in [0.1, 0.15) is 18.9 Å². The van der Waals surface area contributed by atoms with Crippen LogP contribution in [0.2, 0.25) is 0 Å². The lowest BCUT2D eigenvalue weighted by Crippen LogP contribution is -2.41. The van der Waals surface area contributed by atoms with E-state index in [1.807, 2.05) is 25.9 Å². The van der Waals surface area contributed by atoms with Crippen molar-refractivity contribution in [2.75, 3.05) is 27.7 Å². The van der Waals surface area contributed by atoms with Gasteiger partial charge in [-0.3, -0.25) is 4.99 Å². The summed E-state index contributed by atoms with van der Waals surface area (Å²) in [5.74, 6) is 0.898. The Morgan fingerprint density at radius 1 is 1.35 bits per heavy atom. The van der Waals surface area contributed by atoms with E-state index >= 15 is 0 Å². The van der Waals surface area contributed by atoms with Gasteiger partial charge in [-0.05, 0) is 24.6 Å². The molecule has 0 heterocycles. The maximum absolute atomic E-state index is 12.7. The van der Waals surface area contributed by atoms with Gasteiger partial charge in [0, 0.05) is 21.1 Å². The molecule has 0 aliphatic heterocycles. The van der Waals surface area contributed by atoms with Gasteiger partial charge in [-0.1, -0.05) is 13.0 Å². The summed E-state index contributed by atoms with van der Waals surface area (Å²) in [5, 5.41) is 3.11. The Morgan fingerprint density at radius 3 is 2.48 bits per heavy atom. The maximum Gasteiger partial charge on any atom is 0.416 e. The van der Waals surface area contributed by atoms with Crippen molar-refractivity contribution < 1.29 is 17.9 Å². The van der Waals surface area contributed by atoms with Crippen LogP contribution >= 0.6 is 24.0 Å². The van der Waals surface area contributed by atoms with Crippen LogP contribution < -0.4 is 10.1 Å². The Hall–Kier alpha value is -1.19. The quantitative estimate of drug-likeness (QED) is 0.428. The van der Waals surface area contributed by atoms with Crippen LogP contribution in [0.5, 0.6) is 5.75 Å². The van der Waals surface area contributed by atoms with E-state index in [9.17, 15) is 13.2 Å². The van der Waals surface area contributed by atoms with Crippen molar-refractivity contribution in [2.24, 2.45) is 4.99 Å². The van der Waals surface area contributed by atoms with E-state index in [0.717, 1.165) is 12.1 Å². The Labute approximate surface area is 152 Å². The van der Waals surface area contributed by atoms with Gasteiger partial charge in [0.1, 0.15) is 11.9 Å². The molecule has 0 bridgehead atoms. The minimum absolute atomic E-state index is 0. The zero-order chi connectivity index (χ0) is 16.8. The van der Waals surface area contributed by atoms with Crippen LogP contribution in [-0.4, -0.2) is 44.7 Å². The fraction of sp³-hybridized carbons (Fsp3) is 0.533. The van der Waals surface area contributed by atoms with Crippen molar-refractivity contribution in [3.8, 4) is 5.75 Å². The highest BCUT2D eigenvalue weighted by Crippen LogP contribution is 2.31. The second kappa shape index (κ2) is 9.84. The molecule has 0 saturated heterocycles. The molecule has 1 aromatic rings. The summed E-state index contributed by atoms with van der Waals surface area (Å²) in [6.45, 7) is 2.37. The van der Waals surface area contributed by atoms with Crippen LogP contribution in [0, 0.1) is 0 Å². The lowest BCUT2D eigenvalue weighted by Gasteiger charge is -2.22. The number of aliphatic imine (C=N–C) groups is 1. The summed E-state index contributed by atoms with van der Waals surface area (Å²) >= 11 is 0. The third kappa shape index (κ3) is 7.28. The van der Waals surface area contributed by atoms with E-state index in [1.54, 1.807) is 7.05 Å². The standard InChI is InChI=1S/C15H22F3N3O.HI/c1-5-12(10-20-14(19-2)21(3)4)22-13-8-6-7-11(9-13)15(16,17)18;/h6-9,12H,5,10H2,1-4H3,(H,19,20);1H. The van der Waals surface area contributed by atoms with Crippen molar-refractivity contribution in [1.29, 1.82) is 0 Å². The summed E-state index contributed by atoms with van der Waals surface area (Å²) in [5.41, 5.74) is -0.711. The van der Waals surface area contributed by atoms with E-state index < -0.39 is 11.7 Å². The van der Waals surface area contributed by atoms with Gasteiger partial charge in [0.25, 0.3) is 0 Å². The van der Waals surface area contributed by atoms with Gasteiger partial charge in [0.05, 0.1) is 12.1 Å². The number of ether oxygens (including phenoxy) is 1. The molecule has 1 rings (SSSR count). The van der Waals surface area contributed by atoms with Crippen molar-refractivity contribution in [3.63, 3.8) is 0 Å². The van der Waals surface area contributed by atoms with Gasteiger partial charge < -0.3 is 15.0 Å². The Bertz CT molecular complexity index is 507. The van der Waals surface area contributed by atoms with Crippen LogP contribution in [-0.2, 0) is 6.18 Å². The average Bonchev–Trinajstić information content (AvgIpc) is 2.45. The molecule has 1 N–H and O–H groups in total. The van der Waals surface area contributed by atoms with Crippen LogP contribution in [0.15, 0.2) is 29.3 Å². The molecular weight excluding hydrogens is 422 g/mol. The molecule has 132 valence electrons. The molecule has 1 unspecified atom stereocenters. The molecule has 0 aliphatic carbocycles. The van der Waals surface area contributed by atoms with Crippen LogP contribution in [0.4, 0.5) is 13.2 Å². The third-order valence-electron chi connectivity index (χ3n) is 3.04. The highest BCUT2D eigenvalue weighted by atomic mass is 127. The number of hydrogen-bond acceptors (Lipinski definition) is 2. The topological polar surface area (TPSA) is 36.9 Å². The zero-order valence-corrected chi connectivity index (χ0v) is 16.0. The fourth-order valence-corrected chi connectivity index (χ4v) is 1.85. The summed E-state index contributed by atoms with van der Waals surface area (Å²) < 4.78 is 43.7. The van der Waals surface area contributed by atoms with Gasteiger partial charge in [-0.2, -0.15) is 13.2 Å². The first-order valence-corrected chi connectivity index (χ1v) is 6.99. The largest absolute Gasteiger partial charge is 0.489 e. The lowest BCUT2D eigenvalue weighted by molar-refractivity contribution is -0.137. The number of benzene rings is 1. The second-order valence-corrected chi connectivity index (χ2v) is 5.00. The number of rotatable bonds is 5. The van der Waals surface area contributed by atoms with E-state index in [-0.39, 0.29) is 35.8 Å². The molecule has 1 aromatic carbocycles. The molecule has 4 nitrogen and oxygen atoms in total. The maximum atomic E-state index is 12.7. The third-order valence-corrected chi connectivity index (χ3v) is 3.04. The number of halogens is 4. The smallest absolute Gasteiger partial charge is 0.416 e. The van der Waals surface area contributed by atoms with E-state index in [1.165, 1.54) is 12.1 Å². The summed E-state index contributed by atoms with van der Waals surface area (Å²) in [7, 11) is 5.37. The number of alkyl halides is 3. The molecule has 0 saturated carbocycles. The first-order valence-electron chi connectivity index (χ1n) is 6.99. The molecule has 0 aromatic heterocycles. The molecule has 0 spiro atoms. The van der Waals surface area contributed by atoms with Crippen molar-refractivity contribution in [3.05, 3.63) is 29.8 Å². The monoisotopic (exact) mass is 445 g/mol. The number of nitrogens with zero attached hydrogens (tertiary/aromatic N) is 2. The van der Waals surface area contributed by atoms with Crippen LogP contribution in [0.25, 0.3) is 0 Å². The summed E-state index contributed by atoms with van der Waals surface area (Å²) in [6, 6.07) is 4.92. The highest BCUT2D eigenvalue weighted by Gasteiger charge is 2.30. The lowest BCUT2D eigenvalue weighted by atomic mass is 10.2. The van der Waals surface area contributed by atoms with Gasteiger partial charge in [-0.25, -0.2) is 0 Å². The first-order chi connectivity index (χ1) is 10.3. The van der Waals surface area contributed by atoms with E-state index in [4.69, 9.17) is 4.74 Å². The van der Waals surface area contributed by atoms with Gasteiger partial charge in [0.2, 0.25) is 0 Å². The zero-order valence-electron chi connectivity index (χ0n) is 13.6. The molecule has 0 fully saturated rings. The van der Waals surface area contributed by atoms with Crippen LogP contribution in [0.3, 0.4) is 0 Å². The summed E-state index contributed by atoms with van der Waals surface area (Å²) in [6.07, 6.45) is -3.96. The van der Waals surface area contributed by atoms with Crippen molar-refractivity contribution >= 4 is 29.9 Å². The summed E-state index contributed by atoms with van der Waals surface area (Å²) in [4.78, 5) is 5.89. The molecular formula is C15H23F3IN3O. The normalized spacial score (nSPS) is 13.1. The van der Waals surface area contributed by atoms with Crippen molar-refractivity contribution in [2.45, 2.75) is 25.6 Å². The minimum atomic E-state index is -4.37. The number of guanidine groups is 1. The SMILES string of the molecule is CCC(CNC(=NC)N(C)C)Oc1cccc(C(F)(F)F)c1.I. The van der Waals surface area contributed by atoms with Crippen molar-refractivity contribution in [1.82, 2.24) is 10.2 Å². The fourth-order valence-electron chi connectivity index (χ4n) is 1.85. The Kier molecular flexibility index (Phi) is 9.33. The predicted octanol–water partition coefficient (Wildman–Crippen LogP) is 3.62. The molecule has 8 heteroatoms. The van der Waals surface area contributed by atoms with Gasteiger partial charge in [0.15, 0.2) is 5.96 Å². The number of nitrogens with one attached hydrogen (secondary N) is 1. The predicted molar refractivity (Wildman–Crippen MR) is 96.6 cm³/mol. The Balaban J connectivity index is 0.00000484. The molecule has 0 radical (unpaired) electrons.